The Morgan fingerprint density at radius 3 is 3.06 bits per heavy atom. The van der Waals surface area contributed by atoms with Gasteiger partial charge in [0, 0.05) is 12.2 Å². The number of aliphatic imine (C=N–C) groups is 1. The summed E-state index contributed by atoms with van der Waals surface area (Å²) >= 11 is 0. The highest BCUT2D eigenvalue weighted by molar-refractivity contribution is 5.78. The van der Waals surface area contributed by atoms with Crippen LogP contribution >= 0.6 is 0 Å². The zero-order chi connectivity index (χ0) is 12.0. The molecule has 5 nitrogen and oxygen atoms in total. The molecule has 0 bridgehead atoms. The van der Waals surface area contributed by atoms with Crippen LogP contribution in [0.25, 0.3) is 0 Å². The van der Waals surface area contributed by atoms with Crippen molar-refractivity contribution in [2.45, 2.75) is 32.9 Å². The molecule has 0 fully saturated rings. The van der Waals surface area contributed by atoms with Crippen LogP contribution < -0.4 is 11.1 Å². The SMILES string of the molecule is CCC(C)NC(N)=NCc1ncccc1O. The van der Waals surface area contributed by atoms with Crippen LogP contribution in [0, 0.1) is 0 Å². The van der Waals surface area contributed by atoms with Crippen LogP contribution in [0.2, 0.25) is 0 Å². The second-order valence-corrected chi connectivity index (χ2v) is 3.62. The lowest BCUT2D eigenvalue weighted by Gasteiger charge is -2.11. The van der Waals surface area contributed by atoms with Crippen molar-refractivity contribution in [2.24, 2.45) is 10.7 Å². The summed E-state index contributed by atoms with van der Waals surface area (Å²) in [6.07, 6.45) is 2.59. The molecule has 5 heteroatoms. The van der Waals surface area contributed by atoms with Crippen molar-refractivity contribution in [3.8, 4) is 5.75 Å². The predicted molar refractivity (Wildman–Crippen MR) is 64.1 cm³/mol. The van der Waals surface area contributed by atoms with E-state index in [1.54, 1.807) is 18.3 Å². The number of nitrogens with one attached hydrogen (secondary N) is 1. The largest absolute Gasteiger partial charge is 0.506 e. The highest BCUT2D eigenvalue weighted by atomic mass is 16.3. The van der Waals surface area contributed by atoms with E-state index in [1.165, 1.54) is 0 Å². The Morgan fingerprint density at radius 1 is 1.69 bits per heavy atom. The van der Waals surface area contributed by atoms with Crippen molar-refractivity contribution in [1.29, 1.82) is 0 Å². The maximum atomic E-state index is 9.46. The Kier molecular flexibility index (Phi) is 4.57. The van der Waals surface area contributed by atoms with Gasteiger partial charge in [0.05, 0.1) is 6.54 Å². The first-order valence-electron chi connectivity index (χ1n) is 5.32. The number of aromatic nitrogens is 1. The molecule has 0 spiro atoms. The lowest BCUT2D eigenvalue weighted by molar-refractivity contribution is 0.464. The summed E-state index contributed by atoms with van der Waals surface area (Å²) in [5.41, 5.74) is 6.20. The van der Waals surface area contributed by atoms with Gasteiger partial charge in [-0.05, 0) is 25.5 Å². The fourth-order valence-corrected chi connectivity index (χ4v) is 1.11. The van der Waals surface area contributed by atoms with E-state index in [1.807, 2.05) is 6.92 Å². The standard InChI is InChI=1S/C11H18N4O/c1-3-8(2)15-11(12)14-7-9-10(16)5-4-6-13-9/h4-6,8,16H,3,7H2,1-2H3,(H3,12,14,15). The smallest absolute Gasteiger partial charge is 0.189 e. The summed E-state index contributed by atoms with van der Waals surface area (Å²) < 4.78 is 0. The number of rotatable bonds is 4. The average Bonchev–Trinajstić information content (AvgIpc) is 2.28. The Hall–Kier alpha value is -1.78. The van der Waals surface area contributed by atoms with Gasteiger partial charge in [0.25, 0.3) is 0 Å². The Labute approximate surface area is 95.4 Å². The molecule has 1 aromatic rings. The molecule has 0 saturated heterocycles. The van der Waals surface area contributed by atoms with Crippen molar-refractivity contribution in [3.63, 3.8) is 0 Å². The molecule has 0 aliphatic rings. The molecule has 0 amide bonds. The Balaban J connectivity index is 2.56. The van der Waals surface area contributed by atoms with Crippen LogP contribution in [0.3, 0.4) is 0 Å². The molecule has 1 heterocycles. The van der Waals surface area contributed by atoms with E-state index in [0.717, 1.165) is 6.42 Å². The maximum Gasteiger partial charge on any atom is 0.189 e. The van der Waals surface area contributed by atoms with Gasteiger partial charge >= 0.3 is 0 Å². The zero-order valence-electron chi connectivity index (χ0n) is 9.64. The van der Waals surface area contributed by atoms with E-state index in [-0.39, 0.29) is 12.3 Å². The summed E-state index contributed by atoms with van der Waals surface area (Å²) in [6, 6.07) is 3.54. The third-order valence-corrected chi connectivity index (χ3v) is 2.27. The topological polar surface area (TPSA) is 83.5 Å². The first kappa shape index (κ1) is 12.3. The molecule has 1 unspecified atom stereocenters. The van der Waals surface area contributed by atoms with Crippen molar-refractivity contribution in [2.75, 3.05) is 0 Å². The predicted octanol–water partition coefficient (Wildman–Crippen LogP) is 0.990. The molecule has 16 heavy (non-hydrogen) atoms. The van der Waals surface area contributed by atoms with Gasteiger partial charge in [-0.15, -0.1) is 0 Å². The molecule has 0 saturated carbocycles. The van der Waals surface area contributed by atoms with E-state index in [4.69, 9.17) is 5.73 Å². The van der Waals surface area contributed by atoms with E-state index in [9.17, 15) is 5.11 Å². The van der Waals surface area contributed by atoms with Crippen molar-refractivity contribution < 1.29 is 5.11 Å². The average molecular weight is 222 g/mol. The number of hydrogen-bond acceptors (Lipinski definition) is 3. The molecule has 0 aromatic carbocycles. The summed E-state index contributed by atoms with van der Waals surface area (Å²) in [6.45, 7) is 4.37. The highest BCUT2D eigenvalue weighted by Gasteiger charge is 2.02. The van der Waals surface area contributed by atoms with Gasteiger partial charge < -0.3 is 16.2 Å². The number of hydrogen-bond donors (Lipinski definition) is 3. The second-order valence-electron chi connectivity index (χ2n) is 3.62. The minimum absolute atomic E-state index is 0.141. The Bertz CT molecular complexity index is 365. The fraction of sp³-hybridized carbons (Fsp3) is 0.455. The molecular weight excluding hydrogens is 204 g/mol. The molecule has 88 valence electrons. The lowest BCUT2D eigenvalue weighted by atomic mass is 10.3. The van der Waals surface area contributed by atoms with Crippen LogP contribution in [0.1, 0.15) is 26.0 Å². The monoisotopic (exact) mass is 222 g/mol. The highest BCUT2D eigenvalue weighted by Crippen LogP contribution is 2.12. The number of nitrogens with zero attached hydrogens (tertiary/aromatic N) is 2. The lowest BCUT2D eigenvalue weighted by Crippen LogP contribution is -2.38. The summed E-state index contributed by atoms with van der Waals surface area (Å²) in [5.74, 6) is 0.516. The van der Waals surface area contributed by atoms with Crippen LogP contribution in [-0.4, -0.2) is 22.1 Å². The molecule has 0 aliphatic carbocycles. The summed E-state index contributed by atoms with van der Waals surface area (Å²) in [7, 11) is 0. The number of pyridine rings is 1. The van der Waals surface area contributed by atoms with Gasteiger partial charge in [0.15, 0.2) is 5.96 Å². The van der Waals surface area contributed by atoms with Gasteiger partial charge in [0.2, 0.25) is 0 Å². The maximum absolute atomic E-state index is 9.46. The molecule has 1 rings (SSSR count). The Morgan fingerprint density at radius 2 is 2.44 bits per heavy atom. The minimum atomic E-state index is 0.141. The van der Waals surface area contributed by atoms with E-state index in [2.05, 4.69) is 22.2 Å². The van der Waals surface area contributed by atoms with Crippen LogP contribution in [-0.2, 0) is 6.54 Å². The molecule has 0 aliphatic heterocycles. The molecule has 0 radical (unpaired) electrons. The van der Waals surface area contributed by atoms with E-state index in [0.29, 0.717) is 17.7 Å². The fourth-order valence-electron chi connectivity index (χ4n) is 1.11. The zero-order valence-corrected chi connectivity index (χ0v) is 9.64. The molecular formula is C11H18N4O. The van der Waals surface area contributed by atoms with E-state index < -0.39 is 0 Å². The van der Waals surface area contributed by atoms with Gasteiger partial charge in [-0.25, -0.2) is 4.99 Å². The first-order valence-corrected chi connectivity index (χ1v) is 5.32. The normalized spacial score (nSPS) is 13.5. The van der Waals surface area contributed by atoms with Gasteiger partial charge in [0.1, 0.15) is 11.4 Å². The molecule has 4 N–H and O–H groups in total. The minimum Gasteiger partial charge on any atom is -0.506 e. The molecule has 1 aromatic heterocycles. The van der Waals surface area contributed by atoms with Gasteiger partial charge in [-0.2, -0.15) is 0 Å². The third kappa shape index (κ3) is 3.76. The second kappa shape index (κ2) is 5.95. The van der Waals surface area contributed by atoms with Gasteiger partial charge in [-0.3, -0.25) is 4.98 Å². The molecule has 1 atom stereocenters. The van der Waals surface area contributed by atoms with Crippen LogP contribution in [0.5, 0.6) is 5.75 Å². The first-order chi connectivity index (χ1) is 7.63. The summed E-state index contributed by atoms with van der Waals surface area (Å²) in [5, 5.41) is 12.5. The summed E-state index contributed by atoms with van der Waals surface area (Å²) in [4.78, 5) is 8.11. The van der Waals surface area contributed by atoms with Crippen LogP contribution in [0.4, 0.5) is 0 Å². The number of guanidine groups is 1. The van der Waals surface area contributed by atoms with Crippen LogP contribution in [0.15, 0.2) is 23.3 Å². The van der Waals surface area contributed by atoms with Crippen molar-refractivity contribution in [1.82, 2.24) is 10.3 Å². The number of aromatic hydroxyl groups is 1. The number of nitrogens with two attached hydrogens (primary N) is 1. The van der Waals surface area contributed by atoms with Crippen molar-refractivity contribution in [3.05, 3.63) is 24.0 Å². The van der Waals surface area contributed by atoms with E-state index >= 15 is 0 Å². The van der Waals surface area contributed by atoms with Crippen molar-refractivity contribution >= 4 is 5.96 Å². The van der Waals surface area contributed by atoms with Gasteiger partial charge in [-0.1, -0.05) is 6.92 Å². The third-order valence-electron chi connectivity index (χ3n) is 2.27. The quantitative estimate of drug-likeness (QED) is 0.524.